The van der Waals surface area contributed by atoms with E-state index < -0.39 is 17.3 Å². The van der Waals surface area contributed by atoms with Crippen molar-refractivity contribution in [2.45, 2.75) is 13.3 Å². The molecule has 0 aliphatic carbocycles. The second-order valence-corrected chi connectivity index (χ2v) is 4.42. The predicted octanol–water partition coefficient (Wildman–Crippen LogP) is -0.454. The molecule has 0 bridgehead atoms. The van der Waals surface area contributed by atoms with E-state index in [9.17, 15) is 9.59 Å². The standard InChI is InChI=1S/C11H20N2O4/c1-11(10(15)16,9(14)12-2)3-4-13-5-7-17-8-6-13/h3-8H2,1-2H3,(H,12,14)(H,15,16). The molecule has 2 N–H and O–H groups in total. The van der Waals surface area contributed by atoms with Crippen molar-refractivity contribution in [1.82, 2.24) is 10.2 Å². The Kier molecular flexibility index (Phi) is 4.89. The number of hydrogen-bond acceptors (Lipinski definition) is 4. The van der Waals surface area contributed by atoms with E-state index in [2.05, 4.69) is 10.2 Å². The van der Waals surface area contributed by atoms with Crippen molar-refractivity contribution < 1.29 is 19.4 Å². The molecule has 0 saturated carbocycles. The number of amides is 1. The van der Waals surface area contributed by atoms with E-state index in [4.69, 9.17) is 9.84 Å². The minimum absolute atomic E-state index is 0.308. The molecule has 1 atom stereocenters. The van der Waals surface area contributed by atoms with E-state index in [-0.39, 0.29) is 0 Å². The third-order valence-electron chi connectivity index (χ3n) is 3.23. The molecule has 1 amide bonds. The summed E-state index contributed by atoms with van der Waals surface area (Å²) in [5.41, 5.74) is -1.35. The number of nitrogens with zero attached hydrogens (tertiary/aromatic N) is 1. The Balaban J connectivity index is 2.54. The lowest BCUT2D eigenvalue weighted by Gasteiger charge is -2.30. The molecule has 1 saturated heterocycles. The van der Waals surface area contributed by atoms with Gasteiger partial charge >= 0.3 is 5.97 Å². The Hall–Kier alpha value is -1.14. The third kappa shape index (κ3) is 3.41. The van der Waals surface area contributed by atoms with Gasteiger partial charge in [-0.15, -0.1) is 0 Å². The zero-order valence-electron chi connectivity index (χ0n) is 10.4. The summed E-state index contributed by atoms with van der Waals surface area (Å²) in [7, 11) is 1.46. The fourth-order valence-electron chi connectivity index (χ4n) is 1.80. The highest BCUT2D eigenvalue weighted by Gasteiger charge is 2.40. The Morgan fingerprint density at radius 2 is 2.00 bits per heavy atom. The van der Waals surface area contributed by atoms with Crippen LogP contribution in [0.25, 0.3) is 0 Å². The molecule has 1 aliphatic rings. The first kappa shape index (κ1) is 13.9. The van der Waals surface area contributed by atoms with Crippen LogP contribution in [0.5, 0.6) is 0 Å². The van der Waals surface area contributed by atoms with Crippen molar-refractivity contribution in [2.75, 3.05) is 39.9 Å². The van der Waals surface area contributed by atoms with Crippen molar-refractivity contribution >= 4 is 11.9 Å². The summed E-state index contributed by atoms with van der Waals surface area (Å²) >= 11 is 0. The summed E-state index contributed by atoms with van der Waals surface area (Å²) in [5, 5.41) is 11.6. The average molecular weight is 244 g/mol. The smallest absolute Gasteiger partial charge is 0.318 e. The van der Waals surface area contributed by atoms with Gasteiger partial charge in [0.15, 0.2) is 0 Å². The van der Waals surface area contributed by atoms with Gasteiger partial charge in [0.05, 0.1) is 13.2 Å². The maximum Gasteiger partial charge on any atom is 0.318 e. The molecule has 6 heteroatoms. The number of ether oxygens (including phenoxy) is 1. The van der Waals surface area contributed by atoms with Gasteiger partial charge in [0, 0.05) is 20.1 Å². The van der Waals surface area contributed by atoms with Crippen LogP contribution in [0.3, 0.4) is 0 Å². The quantitative estimate of drug-likeness (QED) is 0.640. The van der Waals surface area contributed by atoms with Crippen LogP contribution in [-0.4, -0.2) is 61.8 Å². The van der Waals surface area contributed by atoms with Gasteiger partial charge in [-0.1, -0.05) is 0 Å². The number of aliphatic carboxylic acids is 1. The lowest BCUT2D eigenvalue weighted by Crippen LogP contribution is -2.46. The van der Waals surface area contributed by atoms with Crippen LogP contribution in [0, 0.1) is 5.41 Å². The van der Waals surface area contributed by atoms with E-state index in [0.717, 1.165) is 13.1 Å². The first-order chi connectivity index (χ1) is 8.00. The number of rotatable bonds is 5. The monoisotopic (exact) mass is 244 g/mol. The van der Waals surface area contributed by atoms with Crippen molar-refractivity contribution in [3.63, 3.8) is 0 Å². The third-order valence-corrected chi connectivity index (χ3v) is 3.23. The Bertz CT molecular complexity index is 289. The van der Waals surface area contributed by atoms with Gasteiger partial charge in [0.2, 0.25) is 5.91 Å². The first-order valence-electron chi connectivity index (χ1n) is 5.76. The first-order valence-corrected chi connectivity index (χ1v) is 5.76. The van der Waals surface area contributed by atoms with Crippen LogP contribution in [0.1, 0.15) is 13.3 Å². The van der Waals surface area contributed by atoms with E-state index in [1.165, 1.54) is 14.0 Å². The van der Waals surface area contributed by atoms with Crippen molar-refractivity contribution in [2.24, 2.45) is 5.41 Å². The van der Waals surface area contributed by atoms with Crippen LogP contribution >= 0.6 is 0 Å². The highest BCUT2D eigenvalue weighted by atomic mass is 16.5. The Morgan fingerprint density at radius 3 is 2.47 bits per heavy atom. The van der Waals surface area contributed by atoms with Crippen molar-refractivity contribution in [1.29, 1.82) is 0 Å². The lowest BCUT2D eigenvalue weighted by molar-refractivity contribution is -0.155. The fraction of sp³-hybridized carbons (Fsp3) is 0.818. The summed E-state index contributed by atoms with van der Waals surface area (Å²) in [4.78, 5) is 24.9. The van der Waals surface area contributed by atoms with E-state index >= 15 is 0 Å². The second kappa shape index (κ2) is 5.97. The van der Waals surface area contributed by atoms with Gasteiger partial charge < -0.3 is 15.2 Å². The molecule has 0 aromatic rings. The van der Waals surface area contributed by atoms with Crippen molar-refractivity contribution in [3.8, 4) is 0 Å². The van der Waals surface area contributed by atoms with Gasteiger partial charge in [0.1, 0.15) is 5.41 Å². The van der Waals surface area contributed by atoms with Gasteiger partial charge in [-0.05, 0) is 19.9 Å². The average Bonchev–Trinajstić information content (AvgIpc) is 2.35. The summed E-state index contributed by atoms with van der Waals surface area (Å²) < 4.78 is 5.21. The van der Waals surface area contributed by atoms with E-state index in [1.54, 1.807) is 0 Å². The number of morpholine rings is 1. The zero-order valence-corrected chi connectivity index (χ0v) is 10.4. The van der Waals surface area contributed by atoms with Crippen LogP contribution in [0.15, 0.2) is 0 Å². The van der Waals surface area contributed by atoms with Gasteiger partial charge in [0.25, 0.3) is 0 Å². The molecular weight excluding hydrogens is 224 g/mol. The van der Waals surface area contributed by atoms with Crippen LogP contribution in [0.2, 0.25) is 0 Å². The number of hydrogen-bond donors (Lipinski definition) is 2. The summed E-state index contributed by atoms with van der Waals surface area (Å²) in [6, 6.07) is 0. The number of carboxylic acid groups (broad SMARTS) is 1. The normalized spacial score (nSPS) is 20.6. The number of carbonyl (C=O) groups excluding carboxylic acids is 1. The summed E-state index contributed by atoms with van der Waals surface area (Å²) in [6.07, 6.45) is 0.308. The molecule has 1 heterocycles. The Labute approximate surface area is 101 Å². The van der Waals surface area contributed by atoms with Gasteiger partial charge in [-0.2, -0.15) is 0 Å². The van der Waals surface area contributed by atoms with Crippen LogP contribution in [0.4, 0.5) is 0 Å². The predicted molar refractivity (Wildman–Crippen MR) is 61.7 cm³/mol. The maximum absolute atomic E-state index is 11.6. The van der Waals surface area contributed by atoms with Gasteiger partial charge in [-0.25, -0.2) is 0 Å². The molecule has 0 aromatic heterocycles. The minimum atomic E-state index is -1.35. The zero-order chi connectivity index (χ0) is 12.9. The minimum Gasteiger partial charge on any atom is -0.480 e. The largest absolute Gasteiger partial charge is 0.480 e. The lowest BCUT2D eigenvalue weighted by atomic mass is 9.85. The summed E-state index contributed by atoms with van der Waals surface area (Å²) in [6.45, 7) is 4.99. The highest BCUT2D eigenvalue weighted by Crippen LogP contribution is 2.22. The molecule has 1 fully saturated rings. The van der Waals surface area contributed by atoms with Crippen LogP contribution in [-0.2, 0) is 14.3 Å². The van der Waals surface area contributed by atoms with E-state index in [0.29, 0.717) is 26.2 Å². The maximum atomic E-state index is 11.6. The Morgan fingerprint density at radius 1 is 1.41 bits per heavy atom. The number of carbonyl (C=O) groups is 2. The number of carboxylic acids is 1. The molecule has 98 valence electrons. The molecule has 6 nitrogen and oxygen atoms in total. The molecule has 1 aliphatic heterocycles. The van der Waals surface area contributed by atoms with Crippen LogP contribution < -0.4 is 5.32 Å². The summed E-state index contributed by atoms with van der Waals surface area (Å²) in [5.74, 6) is -1.52. The molecule has 0 spiro atoms. The molecule has 0 aromatic carbocycles. The fourth-order valence-corrected chi connectivity index (χ4v) is 1.80. The molecule has 0 radical (unpaired) electrons. The second-order valence-electron chi connectivity index (χ2n) is 4.42. The molecule has 1 rings (SSSR count). The molecular formula is C11H20N2O4. The van der Waals surface area contributed by atoms with E-state index in [1.807, 2.05) is 0 Å². The van der Waals surface area contributed by atoms with Crippen molar-refractivity contribution in [3.05, 3.63) is 0 Å². The van der Waals surface area contributed by atoms with Gasteiger partial charge in [-0.3, -0.25) is 14.5 Å². The topological polar surface area (TPSA) is 78.9 Å². The SMILES string of the molecule is CNC(=O)C(C)(CCN1CCOCC1)C(=O)O. The highest BCUT2D eigenvalue weighted by molar-refractivity contribution is 6.01. The molecule has 17 heavy (non-hydrogen) atoms. The number of nitrogens with one attached hydrogen (secondary N) is 1. The molecule has 1 unspecified atom stereocenters.